The number of aryl methyl sites for hydroxylation is 1. The summed E-state index contributed by atoms with van der Waals surface area (Å²) in [6.07, 6.45) is 0. The molecular formula is C9H9BO2S. The lowest BCUT2D eigenvalue weighted by Crippen LogP contribution is -2.30. The summed E-state index contributed by atoms with van der Waals surface area (Å²) in [5, 5.41) is 19.3. The lowest BCUT2D eigenvalue weighted by atomic mass is 9.78. The molecule has 0 spiro atoms. The molecule has 0 aliphatic rings. The molecular weight excluding hydrogens is 183 g/mol. The molecule has 13 heavy (non-hydrogen) atoms. The van der Waals surface area contributed by atoms with E-state index in [1.165, 1.54) is 0 Å². The van der Waals surface area contributed by atoms with E-state index in [4.69, 9.17) is 10.0 Å². The molecule has 2 N–H and O–H groups in total. The predicted octanol–water partition coefficient (Wildman–Crippen LogP) is 0.890. The van der Waals surface area contributed by atoms with Gasteiger partial charge in [-0.2, -0.15) is 0 Å². The van der Waals surface area contributed by atoms with Crippen molar-refractivity contribution in [2.24, 2.45) is 0 Å². The molecule has 0 atom stereocenters. The highest BCUT2D eigenvalue weighted by Crippen LogP contribution is 2.22. The first-order chi connectivity index (χ1) is 6.20. The van der Waals surface area contributed by atoms with Crippen molar-refractivity contribution in [3.8, 4) is 0 Å². The highest BCUT2D eigenvalue weighted by Gasteiger charge is 2.19. The zero-order valence-corrected chi connectivity index (χ0v) is 8.01. The number of fused-ring (bicyclic) bond motifs is 1. The van der Waals surface area contributed by atoms with Gasteiger partial charge in [0, 0.05) is 15.0 Å². The summed E-state index contributed by atoms with van der Waals surface area (Å²) in [4.78, 5) is 0.969. The maximum Gasteiger partial charge on any atom is 0.490 e. The van der Waals surface area contributed by atoms with Gasteiger partial charge in [0.25, 0.3) is 0 Å². The van der Waals surface area contributed by atoms with Crippen LogP contribution in [-0.2, 0) is 0 Å². The van der Waals surface area contributed by atoms with Crippen molar-refractivity contribution in [3.63, 3.8) is 0 Å². The molecule has 1 aromatic heterocycles. The molecule has 4 heteroatoms. The minimum absolute atomic E-state index is 0.639. The van der Waals surface area contributed by atoms with Crippen LogP contribution in [0.3, 0.4) is 0 Å². The third-order valence-electron chi connectivity index (χ3n) is 2.08. The van der Waals surface area contributed by atoms with Crippen molar-refractivity contribution in [2.45, 2.75) is 6.92 Å². The van der Waals surface area contributed by atoms with E-state index in [9.17, 15) is 0 Å². The fourth-order valence-corrected chi connectivity index (χ4v) is 2.60. The molecule has 0 saturated carbocycles. The molecule has 0 radical (unpaired) electrons. The molecule has 2 aromatic rings. The zero-order chi connectivity index (χ0) is 9.42. The summed E-state index contributed by atoms with van der Waals surface area (Å²) < 4.78 is 1.10. The number of benzene rings is 1. The summed E-state index contributed by atoms with van der Waals surface area (Å²) in [6, 6.07) is 7.75. The van der Waals surface area contributed by atoms with Crippen LogP contribution >= 0.6 is 11.3 Å². The molecule has 2 rings (SSSR count). The van der Waals surface area contributed by atoms with E-state index in [0.717, 1.165) is 15.0 Å². The van der Waals surface area contributed by atoms with Gasteiger partial charge >= 0.3 is 7.12 Å². The van der Waals surface area contributed by atoms with E-state index in [0.29, 0.717) is 5.46 Å². The average Bonchev–Trinajstić information content (AvgIpc) is 2.39. The van der Waals surface area contributed by atoms with E-state index < -0.39 is 7.12 Å². The van der Waals surface area contributed by atoms with Gasteiger partial charge in [0.05, 0.1) is 0 Å². The van der Waals surface area contributed by atoms with E-state index in [2.05, 4.69) is 0 Å². The van der Waals surface area contributed by atoms with Gasteiger partial charge in [-0.25, -0.2) is 0 Å². The van der Waals surface area contributed by atoms with Crippen LogP contribution in [0.2, 0.25) is 0 Å². The van der Waals surface area contributed by atoms with Gasteiger partial charge in [-0.05, 0) is 18.4 Å². The van der Waals surface area contributed by atoms with Crippen LogP contribution in [-0.4, -0.2) is 17.2 Å². The average molecular weight is 192 g/mol. The summed E-state index contributed by atoms with van der Waals surface area (Å²) in [6.45, 7) is 1.90. The van der Waals surface area contributed by atoms with Crippen molar-refractivity contribution >= 4 is 34.0 Å². The van der Waals surface area contributed by atoms with Crippen LogP contribution in [0.5, 0.6) is 0 Å². The van der Waals surface area contributed by atoms with Gasteiger partial charge < -0.3 is 10.0 Å². The van der Waals surface area contributed by atoms with Gasteiger partial charge in [-0.15, -0.1) is 11.3 Å². The van der Waals surface area contributed by atoms with Gasteiger partial charge in [0.1, 0.15) is 0 Å². The molecule has 0 amide bonds. The Kier molecular flexibility index (Phi) is 2.11. The molecule has 1 aromatic carbocycles. The molecule has 66 valence electrons. The monoisotopic (exact) mass is 192 g/mol. The predicted molar refractivity (Wildman–Crippen MR) is 56.4 cm³/mol. The van der Waals surface area contributed by atoms with Gasteiger partial charge in [-0.3, -0.25) is 0 Å². The summed E-state index contributed by atoms with van der Waals surface area (Å²) in [5.74, 6) is 0. The highest BCUT2D eigenvalue weighted by atomic mass is 32.1. The number of rotatable bonds is 1. The third kappa shape index (κ3) is 1.37. The number of hydrogen-bond acceptors (Lipinski definition) is 3. The molecule has 2 nitrogen and oxygen atoms in total. The first kappa shape index (κ1) is 8.75. The molecule has 0 bridgehead atoms. The van der Waals surface area contributed by atoms with Crippen LogP contribution < -0.4 is 5.46 Å². The first-order valence-electron chi connectivity index (χ1n) is 4.04. The largest absolute Gasteiger partial charge is 0.490 e. The lowest BCUT2D eigenvalue weighted by Gasteiger charge is -1.97. The SMILES string of the molecule is Cc1sc2ccccc2c1B(O)O. The maximum absolute atomic E-state index is 9.15. The number of thiophene rings is 1. The van der Waals surface area contributed by atoms with Gasteiger partial charge in [-0.1, -0.05) is 18.2 Å². The third-order valence-corrected chi connectivity index (χ3v) is 3.18. The van der Waals surface area contributed by atoms with Gasteiger partial charge in [0.15, 0.2) is 0 Å². The summed E-state index contributed by atoms with van der Waals surface area (Å²) in [5.41, 5.74) is 0.639. The second-order valence-corrected chi connectivity index (χ2v) is 4.20. The van der Waals surface area contributed by atoms with Crippen LogP contribution in [0, 0.1) is 6.92 Å². The lowest BCUT2D eigenvalue weighted by molar-refractivity contribution is 0.426. The minimum atomic E-state index is -1.36. The summed E-state index contributed by atoms with van der Waals surface area (Å²) in [7, 11) is -1.36. The van der Waals surface area contributed by atoms with Crippen molar-refractivity contribution in [3.05, 3.63) is 29.1 Å². The second-order valence-electron chi connectivity index (χ2n) is 2.94. The standard InChI is InChI=1S/C9H9BO2S/c1-6-9(10(11)12)7-4-2-3-5-8(7)13-6/h2-5,11-12H,1H3. The Balaban J connectivity index is 2.78. The van der Waals surface area contributed by atoms with E-state index in [1.807, 2.05) is 31.2 Å². The van der Waals surface area contributed by atoms with E-state index >= 15 is 0 Å². The van der Waals surface area contributed by atoms with Crippen LogP contribution in [0.15, 0.2) is 24.3 Å². The molecule has 0 saturated heterocycles. The highest BCUT2D eigenvalue weighted by molar-refractivity contribution is 7.20. The van der Waals surface area contributed by atoms with E-state index in [1.54, 1.807) is 11.3 Å². The normalized spacial score (nSPS) is 10.7. The van der Waals surface area contributed by atoms with Crippen LogP contribution in [0.25, 0.3) is 10.1 Å². The zero-order valence-electron chi connectivity index (χ0n) is 7.19. The topological polar surface area (TPSA) is 40.5 Å². The van der Waals surface area contributed by atoms with Crippen molar-refractivity contribution in [2.75, 3.05) is 0 Å². The Hall–Kier alpha value is -0.835. The molecule has 0 unspecified atom stereocenters. The Morgan fingerprint density at radius 1 is 1.23 bits per heavy atom. The summed E-state index contributed by atoms with van der Waals surface area (Å²) >= 11 is 1.59. The molecule has 1 heterocycles. The fraction of sp³-hybridized carbons (Fsp3) is 0.111. The second kappa shape index (κ2) is 3.14. The van der Waals surface area contributed by atoms with Crippen molar-refractivity contribution < 1.29 is 10.0 Å². The molecule has 0 fully saturated rings. The molecule has 0 aliphatic carbocycles. The number of hydrogen-bond donors (Lipinski definition) is 2. The Morgan fingerprint density at radius 3 is 2.62 bits per heavy atom. The van der Waals surface area contributed by atoms with Crippen molar-refractivity contribution in [1.82, 2.24) is 0 Å². The first-order valence-corrected chi connectivity index (χ1v) is 4.86. The quantitative estimate of drug-likeness (QED) is 0.658. The minimum Gasteiger partial charge on any atom is -0.423 e. The Morgan fingerprint density at radius 2 is 1.92 bits per heavy atom. The van der Waals surface area contributed by atoms with Crippen LogP contribution in [0.4, 0.5) is 0 Å². The molecule has 0 aliphatic heterocycles. The Labute approximate surface area is 80.6 Å². The fourth-order valence-electron chi connectivity index (χ4n) is 1.51. The van der Waals surface area contributed by atoms with E-state index in [-0.39, 0.29) is 0 Å². The smallest absolute Gasteiger partial charge is 0.423 e. The van der Waals surface area contributed by atoms with Crippen molar-refractivity contribution in [1.29, 1.82) is 0 Å². The van der Waals surface area contributed by atoms with Crippen LogP contribution in [0.1, 0.15) is 4.88 Å². The Bertz CT molecular complexity index is 436. The van der Waals surface area contributed by atoms with Gasteiger partial charge in [0.2, 0.25) is 0 Å². The maximum atomic E-state index is 9.15.